The Labute approximate surface area is 81.3 Å². The second-order valence-corrected chi connectivity index (χ2v) is 3.32. The van der Waals surface area contributed by atoms with Gasteiger partial charge in [-0.3, -0.25) is 4.98 Å². The molecule has 0 aliphatic carbocycles. The predicted molar refractivity (Wildman–Crippen MR) is 54.6 cm³/mol. The highest BCUT2D eigenvalue weighted by Crippen LogP contribution is 2.17. The van der Waals surface area contributed by atoms with Gasteiger partial charge in [0.1, 0.15) is 0 Å². The van der Waals surface area contributed by atoms with Crippen LogP contribution in [-0.2, 0) is 6.54 Å². The first kappa shape index (κ1) is 8.48. The smallest absolute Gasteiger partial charge is 0.0717 e. The van der Waals surface area contributed by atoms with Crippen LogP contribution in [0.4, 0.5) is 0 Å². The molecule has 2 rings (SSSR count). The van der Waals surface area contributed by atoms with Gasteiger partial charge < -0.3 is 5.73 Å². The van der Waals surface area contributed by atoms with Crippen LogP contribution in [0.3, 0.4) is 0 Å². The van der Waals surface area contributed by atoms with Gasteiger partial charge in [-0.25, -0.2) is 0 Å². The van der Waals surface area contributed by atoms with Crippen molar-refractivity contribution < 1.29 is 0 Å². The Morgan fingerprint density at radius 3 is 2.92 bits per heavy atom. The summed E-state index contributed by atoms with van der Waals surface area (Å²) in [6, 6.07) is 7.67. The Morgan fingerprint density at radius 2 is 2.15 bits per heavy atom. The maximum atomic E-state index is 5.83. The highest BCUT2D eigenvalue weighted by molar-refractivity contribution is 6.31. The summed E-state index contributed by atoms with van der Waals surface area (Å²) in [7, 11) is 0. The van der Waals surface area contributed by atoms with Crippen molar-refractivity contribution in [2.45, 2.75) is 6.54 Å². The van der Waals surface area contributed by atoms with E-state index in [1.807, 2.05) is 24.3 Å². The molecule has 0 saturated carbocycles. The summed E-state index contributed by atoms with van der Waals surface area (Å²) in [6.45, 7) is 0.519. The molecule has 0 aliphatic heterocycles. The van der Waals surface area contributed by atoms with E-state index < -0.39 is 0 Å². The quantitative estimate of drug-likeness (QED) is 0.754. The molecule has 1 heterocycles. The SMILES string of the molecule is NCc1cnc2cc(Cl)ccc2c1. The van der Waals surface area contributed by atoms with Crippen molar-refractivity contribution in [2.75, 3.05) is 0 Å². The van der Waals surface area contributed by atoms with Crippen LogP contribution >= 0.6 is 11.6 Å². The van der Waals surface area contributed by atoms with Crippen LogP contribution in [0.25, 0.3) is 10.9 Å². The Morgan fingerprint density at radius 1 is 1.31 bits per heavy atom. The van der Waals surface area contributed by atoms with Crippen LogP contribution < -0.4 is 5.73 Å². The van der Waals surface area contributed by atoms with Crippen molar-refractivity contribution in [3.8, 4) is 0 Å². The second kappa shape index (κ2) is 3.32. The zero-order chi connectivity index (χ0) is 9.26. The predicted octanol–water partition coefficient (Wildman–Crippen LogP) is 2.35. The van der Waals surface area contributed by atoms with Crippen LogP contribution in [0, 0.1) is 0 Å². The van der Waals surface area contributed by atoms with E-state index in [2.05, 4.69) is 4.98 Å². The standard InChI is InChI=1S/C10H9ClN2/c11-9-2-1-8-3-7(5-12)6-13-10(8)4-9/h1-4,6H,5,12H2. The normalized spacial score (nSPS) is 10.6. The average molecular weight is 193 g/mol. The molecule has 3 heteroatoms. The minimum Gasteiger partial charge on any atom is -0.326 e. The minimum absolute atomic E-state index is 0.519. The molecule has 0 atom stereocenters. The second-order valence-electron chi connectivity index (χ2n) is 2.88. The molecule has 1 aromatic heterocycles. The van der Waals surface area contributed by atoms with E-state index in [-0.39, 0.29) is 0 Å². The lowest BCUT2D eigenvalue weighted by molar-refractivity contribution is 1.06. The molecule has 0 amide bonds. The Balaban J connectivity index is 2.66. The summed E-state index contributed by atoms with van der Waals surface area (Å²) < 4.78 is 0. The van der Waals surface area contributed by atoms with E-state index in [4.69, 9.17) is 17.3 Å². The molecule has 0 fully saturated rings. The van der Waals surface area contributed by atoms with Crippen molar-refractivity contribution in [1.29, 1.82) is 0 Å². The van der Waals surface area contributed by atoms with E-state index >= 15 is 0 Å². The molecule has 0 radical (unpaired) electrons. The summed E-state index contributed by atoms with van der Waals surface area (Å²) in [5.74, 6) is 0. The number of nitrogens with two attached hydrogens (primary N) is 1. The third kappa shape index (κ3) is 1.64. The average Bonchev–Trinajstić information content (AvgIpc) is 2.17. The van der Waals surface area contributed by atoms with E-state index in [0.717, 1.165) is 16.5 Å². The highest BCUT2D eigenvalue weighted by Gasteiger charge is 1.97. The summed E-state index contributed by atoms with van der Waals surface area (Å²) in [5, 5.41) is 1.79. The molecule has 2 N–H and O–H groups in total. The van der Waals surface area contributed by atoms with Gasteiger partial charge in [0.15, 0.2) is 0 Å². The Kier molecular flexibility index (Phi) is 2.17. The summed E-state index contributed by atoms with van der Waals surface area (Å²) in [5.41, 5.74) is 7.45. The first-order chi connectivity index (χ1) is 6.29. The lowest BCUT2D eigenvalue weighted by Gasteiger charge is -2.00. The zero-order valence-corrected chi connectivity index (χ0v) is 7.75. The topological polar surface area (TPSA) is 38.9 Å². The van der Waals surface area contributed by atoms with Crippen LogP contribution in [0.2, 0.25) is 5.02 Å². The van der Waals surface area contributed by atoms with Crippen molar-refractivity contribution in [3.05, 3.63) is 41.0 Å². The van der Waals surface area contributed by atoms with Crippen LogP contribution in [0.1, 0.15) is 5.56 Å². The molecule has 2 nitrogen and oxygen atoms in total. The van der Waals surface area contributed by atoms with Gasteiger partial charge in [0.05, 0.1) is 5.52 Å². The molecule has 66 valence electrons. The number of pyridine rings is 1. The fourth-order valence-corrected chi connectivity index (χ4v) is 1.42. The fourth-order valence-electron chi connectivity index (χ4n) is 1.25. The molecule has 2 aromatic rings. The number of rotatable bonds is 1. The molecule has 0 aliphatic rings. The third-order valence-electron chi connectivity index (χ3n) is 1.94. The molecule has 0 spiro atoms. The zero-order valence-electron chi connectivity index (χ0n) is 7.00. The monoisotopic (exact) mass is 192 g/mol. The number of fused-ring (bicyclic) bond motifs is 1. The van der Waals surface area contributed by atoms with Crippen LogP contribution in [0.15, 0.2) is 30.5 Å². The van der Waals surface area contributed by atoms with Gasteiger partial charge >= 0.3 is 0 Å². The molecule has 0 bridgehead atoms. The maximum Gasteiger partial charge on any atom is 0.0717 e. The minimum atomic E-state index is 0.519. The number of hydrogen-bond acceptors (Lipinski definition) is 2. The number of nitrogens with zero attached hydrogens (tertiary/aromatic N) is 1. The summed E-state index contributed by atoms with van der Waals surface area (Å²) in [6.07, 6.45) is 1.78. The first-order valence-corrected chi connectivity index (χ1v) is 4.41. The summed E-state index contributed by atoms with van der Waals surface area (Å²) in [4.78, 5) is 4.25. The first-order valence-electron chi connectivity index (χ1n) is 4.04. The molecule has 1 aromatic carbocycles. The van der Waals surface area contributed by atoms with Crippen molar-refractivity contribution in [3.63, 3.8) is 0 Å². The van der Waals surface area contributed by atoms with E-state index in [0.29, 0.717) is 11.6 Å². The fraction of sp³-hybridized carbons (Fsp3) is 0.100. The van der Waals surface area contributed by atoms with Gasteiger partial charge in [-0.2, -0.15) is 0 Å². The van der Waals surface area contributed by atoms with Crippen molar-refractivity contribution in [1.82, 2.24) is 4.98 Å². The van der Waals surface area contributed by atoms with Crippen LogP contribution in [0.5, 0.6) is 0 Å². The van der Waals surface area contributed by atoms with Gasteiger partial charge in [-0.05, 0) is 23.8 Å². The lowest BCUT2D eigenvalue weighted by atomic mass is 10.1. The van der Waals surface area contributed by atoms with Gasteiger partial charge in [0.25, 0.3) is 0 Å². The number of benzene rings is 1. The lowest BCUT2D eigenvalue weighted by Crippen LogP contribution is -1.96. The Hall–Kier alpha value is -1.12. The van der Waals surface area contributed by atoms with Gasteiger partial charge in [-0.15, -0.1) is 0 Å². The van der Waals surface area contributed by atoms with Crippen molar-refractivity contribution in [2.24, 2.45) is 5.73 Å². The number of hydrogen-bond donors (Lipinski definition) is 1. The van der Waals surface area contributed by atoms with E-state index in [1.54, 1.807) is 6.20 Å². The Bertz CT molecular complexity index is 440. The van der Waals surface area contributed by atoms with Gasteiger partial charge in [0.2, 0.25) is 0 Å². The number of halogens is 1. The molecule has 0 saturated heterocycles. The third-order valence-corrected chi connectivity index (χ3v) is 2.17. The highest BCUT2D eigenvalue weighted by atomic mass is 35.5. The molecule has 13 heavy (non-hydrogen) atoms. The maximum absolute atomic E-state index is 5.83. The summed E-state index contributed by atoms with van der Waals surface area (Å²) >= 11 is 5.83. The van der Waals surface area contributed by atoms with Crippen LogP contribution in [-0.4, -0.2) is 4.98 Å². The van der Waals surface area contributed by atoms with E-state index in [9.17, 15) is 0 Å². The molecular formula is C10H9ClN2. The van der Waals surface area contributed by atoms with Gasteiger partial charge in [-0.1, -0.05) is 17.7 Å². The van der Waals surface area contributed by atoms with Gasteiger partial charge in [0, 0.05) is 23.2 Å². The molecular weight excluding hydrogens is 184 g/mol. The number of aromatic nitrogens is 1. The molecule has 0 unspecified atom stereocenters. The largest absolute Gasteiger partial charge is 0.326 e. The van der Waals surface area contributed by atoms with E-state index in [1.165, 1.54) is 0 Å². The van der Waals surface area contributed by atoms with Crippen molar-refractivity contribution >= 4 is 22.5 Å².